The van der Waals surface area contributed by atoms with E-state index in [-0.39, 0.29) is 16.3 Å². The number of carbonyl (C=O) groups excluding carboxylic acids is 1. The molecule has 2 aromatic rings. The van der Waals surface area contributed by atoms with Crippen LogP contribution in [-0.2, 0) is 4.79 Å². The first-order valence-electron chi connectivity index (χ1n) is 8.61. The van der Waals surface area contributed by atoms with E-state index in [1.165, 1.54) is 12.1 Å². The Bertz CT molecular complexity index is 992. The average molecular weight is 394 g/mol. The van der Waals surface area contributed by atoms with Gasteiger partial charge in [0.15, 0.2) is 0 Å². The van der Waals surface area contributed by atoms with Gasteiger partial charge in [0.2, 0.25) is 0 Å². The monoisotopic (exact) mass is 394 g/mol. The van der Waals surface area contributed by atoms with E-state index in [1.54, 1.807) is 17.0 Å². The van der Waals surface area contributed by atoms with Crippen molar-refractivity contribution >= 4 is 29.9 Å². The smallest absolute Gasteiger partial charge is 0.269 e. The van der Waals surface area contributed by atoms with Crippen LogP contribution in [0.1, 0.15) is 37.1 Å². The predicted molar refractivity (Wildman–Crippen MR) is 109 cm³/mol. The molecule has 0 spiro atoms. The normalized spacial score (nSPS) is 16.8. The first-order valence-corrected chi connectivity index (χ1v) is 9.06. The average Bonchev–Trinajstić information content (AvgIpc) is 2.68. The third-order valence-electron chi connectivity index (χ3n) is 4.57. The fourth-order valence-corrected chi connectivity index (χ4v) is 3.39. The van der Waals surface area contributed by atoms with E-state index < -0.39 is 17.0 Å². The van der Waals surface area contributed by atoms with Gasteiger partial charge in [0, 0.05) is 17.8 Å². The maximum absolute atomic E-state index is 12.3. The minimum absolute atomic E-state index is 0.0434. The van der Waals surface area contributed by atoms with Crippen LogP contribution in [-0.4, -0.2) is 10.8 Å². The maximum atomic E-state index is 12.3. The molecule has 0 fully saturated rings. The summed E-state index contributed by atoms with van der Waals surface area (Å²) in [4.78, 5) is 24.5. The Kier molecular flexibility index (Phi) is 5.38. The number of nitriles is 1. The van der Waals surface area contributed by atoms with Gasteiger partial charge in [0.25, 0.3) is 11.6 Å². The zero-order chi connectivity index (χ0) is 20.4. The van der Waals surface area contributed by atoms with Gasteiger partial charge >= 0.3 is 0 Å². The quantitative estimate of drug-likeness (QED) is 0.464. The number of carbonyl (C=O) groups is 1. The number of hydrogen-bond donors (Lipinski definition) is 2. The molecule has 0 bridgehead atoms. The fourth-order valence-electron chi connectivity index (χ4n) is 3.01. The summed E-state index contributed by atoms with van der Waals surface area (Å²) in [7, 11) is 0. The number of nitro benzene ring substituents is 1. The number of rotatable bonds is 4. The maximum Gasteiger partial charge on any atom is 0.269 e. The van der Waals surface area contributed by atoms with E-state index in [0.717, 1.165) is 11.3 Å². The SMILES string of the molecule is CC(C)c1ccc(N2C(S)=C(C#N)C(=O)N[C@@H]2c2ccc([N+](=O)[O-])cc2)cc1. The van der Waals surface area contributed by atoms with E-state index >= 15 is 0 Å². The summed E-state index contributed by atoms with van der Waals surface area (Å²) in [5.74, 6) is -0.174. The van der Waals surface area contributed by atoms with Crippen molar-refractivity contribution in [2.75, 3.05) is 4.90 Å². The molecule has 0 radical (unpaired) electrons. The van der Waals surface area contributed by atoms with Crippen LogP contribution < -0.4 is 10.2 Å². The van der Waals surface area contributed by atoms with Gasteiger partial charge in [-0.05, 0) is 41.3 Å². The minimum Gasteiger partial charge on any atom is -0.327 e. The highest BCUT2D eigenvalue weighted by Crippen LogP contribution is 2.36. The molecule has 2 aromatic carbocycles. The standard InChI is InChI=1S/C20H18N4O3S/c1-12(2)13-3-7-15(8-4-13)23-18(22-19(25)17(11-21)20(23)28)14-5-9-16(10-6-14)24(26)27/h3-10,12,18,28H,1-2H3,(H,22,25)/t18-/m0/s1. The lowest BCUT2D eigenvalue weighted by Gasteiger charge is -2.38. The number of thiol groups is 1. The molecule has 1 atom stereocenters. The van der Waals surface area contributed by atoms with Crippen LogP contribution in [0, 0.1) is 21.4 Å². The summed E-state index contributed by atoms with van der Waals surface area (Å²) in [5, 5.41) is 23.3. The summed E-state index contributed by atoms with van der Waals surface area (Å²) >= 11 is 4.45. The molecule has 142 valence electrons. The van der Waals surface area contributed by atoms with Crippen molar-refractivity contribution in [3.8, 4) is 6.07 Å². The van der Waals surface area contributed by atoms with Crippen LogP contribution in [0.25, 0.3) is 0 Å². The Morgan fingerprint density at radius 1 is 1.18 bits per heavy atom. The van der Waals surface area contributed by atoms with E-state index in [0.29, 0.717) is 11.5 Å². The molecule has 0 unspecified atom stereocenters. The number of amides is 1. The third-order valence-corrected chi connectivity index (χ3v) is 5.01. The Morgan fingerprint density at radius 2 is 1.79 bits per heavy atom. The third kappa shape index (κ3) is 3.57. The zero-order valence-electron chi connectivity index (χ0n) is 15.3. The summed E-state index contributed by atoms with van der Waals surface area (Å²) in [5.41, 5.74) is 2.40. The molecule has 0 aliphatic carbocycles. The highest BCUT2D eigenvalue weighted by Gasteiger charge is 2.34. The molecule has 1 N–H and O–H groups in total. The van der Waals surface area contributed by atoms with Crippen LogP contribution in [0.3, 0.4) is 0 Å². The summed E-state index contributed by atoms with van der Waals surface area (Å²) in [6.07, 6.45) is -0.650. The van der Waals surface area contributed by atoms with Gasteiger partial charge < -0.3 is 10.2 Å². The second-order valence-corrected chi connectivity index (χ2v) is 7.07. The van der Waals surface area contributed by atoms with Crippen molar-refractivity contribution in [3.05, 3.63) is 80.4 Å². The molecule has 1 aliphatic heterocycles. The van der Waals surface area contributed by atoms with Crippen molar-refractivity contribution < 1.29 is 9.72 Å². The van der Waals surface area contributed by atoms with Crippen molar-refractivity contribution in [1.82, 2.24) is 5.32 Å². The Morgan fingerprint density at radius 3 is 2.29 bits per heavy atom. The van der Waals surface area contributed by atoms with E-state index in [4.69, 9.17) is 0 Å². The molecule has 0 saturated heterocycles. The predicted octanol–water partition coefficient (Wildman–Crippen LogP) is 4.02. The molecular weight excluding hydrogens is 376 g/mol. The Labute approximate surface area is 167 Å². The van der Waals surface area contributed by atoms with Gasteiger partial charge in [-0.2, -0.15) is 5.26 Å². The number of nitrogens with zero attached hydrogens (tertiary/aromatic N) is 3. The molecule has 7 nitrogen and oxygen atoms in total. The fraction of sp³-hybridized carbons (Fsp3) is 0.200. The van der Waals surface area contributed by atoms with Gasteiger partial charge in [-0.25, -0.2) is 0 Å². The molecule has 0 aromatic heterocycles. The van der Waals surface area contributed by atoms with E-state index in [2.05, 4.69) is 31.8 Å². The molecule has 1 amide bonds. The molecule has 28 heavy (non-hydrogen) atoms. The second-order valence-electron chi connectivity index (χ2n) is 6.65. The van der Waals surface area contributed by atoms with Gasteiger partial charge in [-0.1, -0.05) is 26.0 Å². The lowest BCUT2D eigenvalue weighted by atomic mass is 10.0. The molecule has 1 aliphatic rings. The number of hydrogen-bond acceptors (Lipinski definition) is 6. The number of anilines is 1. The summed E-state index contributed by atoms with van der Waals surface area (Å²) in [6.45, 7) is 4.18. The summed E-state index contributed by atoms with van der Waals surface area (Å²) in [6, 6.07) is 15.6. The topological polar surface area (TPSA) is 99.3 Å². The lowest BCUT2D eigenvalue weighted by Crippen LogP contribution is -2.46. The second kappa shape index (κ2) is 7.74. The number of nitro groups is 1. The van der Waals surface area contributed by atoms with Crippen LogP contribution in [0.4, 0.5) is 11.4 Å². The summed E-state index contributed by atoms with van der Waals surface area (Å²) < 4.78 is 0. The van der Waals surface area contributed by atoms with Crippen LogP contribution in [0.15, 0.2) is 59.1 Å². The van der Waals surface area contributed by atoms with Crippen LogP contribution >= 0.6 is 12.6 Å². The first-order chi connectivity index (χ1) is 13.3. The van der Waals surface area contributed by atoms with Crippen molar-refractivity contribution in [1.29, 1.82) is 5.26 Å². The first kappa shape index (κ1) is 19.5. The molecule has 1 heterocycles. The molecule has 3 rings (SSSR count). The van der Waals surface area contributed by atoms with Gasteiger partial charge in [-0.15, -0.1) is 12.6 Å². The zero-order valence-corrected chi connectivity index (χ0v) is 16.2. The highest BCUT2D eigenvalue weighted by atomic mass is 32.1. The van der Waals surface area contributed by atoms with Crippen molar-refractivity contribution in [2.45, 2.75) is 25.9 Å². The number of non-ortho nitro benzene ring substituents is 1. The van der Waals surface area contributed by atoms with Crippen molar-refractivity contribution in [3.63, 3.8) is 0 Å². The Hall–Kier alpha value is -3.31. The molecular formula is C20H18N4O3S. The molecule has 8 heteroatoms. The van der Waals surface area contributed by atoms with Gasteiger partial charge in [-0.3, -0.25) is 14.9 Å². The molecule has 0 saturated carbocycles. The van der Waals surface area contributed by atoms with Crippen LogP contribution in [0.2, 0.25) is 0 Å². The lowest BCUT2D eigenvalue weighted by molar-refractivity contribution is -0.384. The van der Waals surface area contributed by atoms with Gasteiger partial charge in [0.1, 0.15) is 17.8 Å². The Balaban J connectivity index is 2.09. The van der Waals surface area contributed by atoms with Gasteiger partial charge in [0.05, 0.1) is 9.95 Å². The van der Waals surface area contributed by atoms with E-state index in [1.807, 2.05) is 30.3 Å². The van der Waals surface area contributed by atoms with E-state index in [9.17, 15) is 20.2 Å². The largest absolute Gasteiger partial charge is 0.327 e. The minimum atomic E-state index is -0.650. The number of nitrogens with one attached hydrogen (secondary N) is 1. The van der Waals surface area contributed by atoms with Crippen molar-refractivity contribution in [2.24, 2.45) is 0 Å². The van der Waals surface area contributed by atoms with Crippen LogP contribution in [0.5, 0.6) is 0 Å². The number of benzene rings is 2. The highest BCUT2D eigenvalue weighted by molar-refractivity contribution is 7.84.